The van der Waals surface area contributed by atoms with Crippen molar-refractivity contribution in [1.82, 2.24) is 0 Å². The van der Waals surface area contributed by atoms with Gasteiger partial charge in [0.2, 0.25) is 0 Å². The quantitative estimate of drug-likeness (QED) is 0.778. The van der Waals surface area contributed by atoms with Crippen molar-refractivity contribution >= 4 is 11.8 Å². The predicted molar refractivity (Wildman–Crippen MR) is 84.8 cm³/mol. The van der Waals surface area contributed by atoms with E-state index in [0.29, 0.717) is 25.2 Å². The van der Waals surface area contributed by atoms with E-state index in [2.05, 4.69) is 6.92 Å². The van der Waals surface area contributed by atoms with Crippen molar-refractivity contribution in [3.8, 4) is 0 Å². The number of hydrogen-bond donors (Lipinski definition) is 2. The van der Waals surface area contributed by atoms with E-state index in [-0.39, 0.29) is 22.5 Å². The van der Waals surface area contributed by atoms with Crippen LogP contribution in [0.3, 0.4) is 0 Å². The van der Waals surface area contributed by atoms with Gasteiger partial charge in [-0.1, -0.05) is 13.3 Å². The Morgan fingerprint density at radius 2 is 1.83 bits per heavy atom. The molecule has 4 heteroatoms. The number of ketones is 1. The molecule has 0 saturated heterocycles. The second-order valence-corrected chi connectivity index (χ2v) is 9.42. The third kappa shape index (κ3) is 1.76. The van der Waals surface area contributed by atoms with Crippen LogP contribution in [0.2, 0.25) is 0 Å². The second kappa shape index (κ2) is 4.38. The SMILES string of the molecule is CC1(C(=O)O)CCCC2(C)C3CC4(O)CCC3(CCC12)CC4=O. The molecular formula is C19H28O4. The molecular weight excluding hydrogens is 292 g/mol. The van der Waals surface area contributed by atoms with Crippen molar-refractivity contribution < 1.29 is 19.8 Å². The largest absolute Gasteiger partial charge is 0.481 e. The van der Waals surface area contributed by atoms with Crippen LogP contribution in [0.15, 0.2) is 0 Å². The molecule has 2 N–H and O–H groups in total. The molecule has 5 rings (SSSR count). The van der Waals surface area contributed by atoms with E-state index in [0.717, 1.165) is 38.5 Å². The highest BCUT2D eigenvalue weighted by Crippen LogP contribution is 2.71. The maximum Gasteiger partial charge on any atom is 0.309 e. The summed E-state index contributed by atoms with van der Waals surface area (Å²) >= 11 is 0. The van der Waals surface area contributed by atoms with Crippen LogP contribution in [0.5, 0.6) is 0 Å². The highest BCUT2D eigenvalue weighted by molar-refractivity contribution is 5.89. The van der Waals surface area contributed by atoms with Gasteiger partial charge in [-0.05, 0) is 74.5 Å². The minimum atomic E-state index is -1.13. The van der Waals surface area contributed by atoms with Crippen LogP contribution in [0, 0.1) is 28.1 Å². The smallest absolute Gasteiger partial charge is 0.309 e. The van der Waals surface area contributed by atoms with Crippen LogP contribution in [0.25, 0.3) is 0 Å². The first kappa shape index (κ1) is 15.6. The number of aliphatic carboxylic acids is 1. The Morgan fingerprint density at radius 3 is 2.48 bits per heavy atom. The van der Waals surface area contributed by atoms with Gasteiger partial charge in [0, 0.05) is 6.42 Å². The Hall–Kier alpha value is -0.900. The maximum absolute atomic E-state index is 12.4. The Labute approximate surface area is 137 Å². The average Bonchev–Trinajstić information content (AvgIpc) is 2.47. The number of hydrogen-bond acceptors (Lipinski definition) is 3. The zero-order valence-corrected chi connectivity index (χ0v) is 14.2. The number of carboxylic acid groups (broad SMARTS) is 1. The summed E-state index contributed by atoms with van der Waals surface area (Å²) in [6.07, 6.45) is 7.24. The van der Waals surface area contributed by atoms with Crippen LogP contribution < -0.4 is 0 Å². The van der Waals surface area contributed by atoms with Crippen molar-refractivity contribution in [2.45, 2.75) is 77.2 Å². The lowest BCUT2D eigenvalue weighted by molar-refractivity contribution is -0.219. The minimum Gasteiger partial charge on any atom is -0.481 e. The summed E-state index contributed by atoms with van der Waals surface area (Å²) in [6.45, 7) is 4.19. The van der Waals surface area contributed by atoms with Crippen LogP contribution in [-0.2, 0) is 9.59 Å². The molecule has 5 aliphatic carbocycles. The van der Waals surface area contributed by atoms with E-state index in [1.54, 1.807) is 0 Å². The summed E-state index contributed by atoms with van der Waals surface area (Å²) in [5.41, 5.74) is -1.81. The molecule has 0 aromatic heterocycles. The number of carbonyl (C=O) groups excluding carboxylic acids is 1. The van der Waals surface area contributed by atoms with Gasteiger partial charge in [-0.25, -0.2) is 0 Å². The van der Waals surface area contributed by atoms with Gasteiger partial charge in [0.05, 0.1) is 5.41 Å². The van der Waals surface area contributed by atoms with E-state index in [9.17, 15) is 19.8 Å². The molecule has 0 radical (unpaired) electrons. The fourth-order valence-electron chi connectivity index (χ4n) is 7.22. The van der Waals surface area contributed by atoms with Gasteiger partial charge in [0.25, 0.3) is 0 Å². The monoisotopic (exact) mass is 320 g/mol. The first-order valence-electron chi connectivity index (χ1n) is 9.16. The van der Waals surface area contributed by atoms with Crippen molar-refractivity contribution in [3.63, 3.8) is 0 Å². The number of aliphatic hydroxyl groups is 1. The normalized spacial score (nSPS) is 55.2. The zero-order chi connectivity index (χ0) is 16.7. The van der Waals surface area contributed by atoms with Crippen LogP contribution in [-0.4, -0.2) is 27.6 Å². The molecule has 6 unspecified atom stereocenters. The maximum atomic E-state index is 12.4. The number of Topliss-reactive ketones (excluding diaryl/α,β-unsaturated/α-hetero) is 1. The first-order chi connectivity index (χ1) is 10.7. The van der Waals surface area contributed by atoms with Crippen molar-refractivity contribution in [2.24, 2.45) is 28.1 Å². The lowest BCUT2D eigenvalue weighted by atomic mass is 9.36. The molecule has 0 aromatic carbocycles. The molecule has 6 atom stereocenters. The van der Waals surface area contributed by atoms with E-state index in [1.807, 2.05) is 6.92 Å². The molecule has 0 aliphatic heterocycles. The zero-order valence-electron chi connectivity index (χ0n) is 14.2. The molecule has 0 heterocycles. The Balaban J connectivity index is 1.77. The third-order valence-electron chi connectivity index (χ3n) is 8.54. The highest BCUT2D eigenvalue weighted by Gasteiger charge is 2.68. The molecule has 5 saturated carbocycles. The summed E-state index contributed by atoms with van der Waals surface area (Å²) < 4.78 is 0. The Kier molecular flexibility index (Phi) is 2.98. The van der Waals surface area contributed by atoms with Crippen LogP contribution in [0.1, 0.15) is 71.6 Å². The van der Waals surface area contributed by atoms with Gasteiger partial charge >= 0.3 is 5.97 Å². The number of rotatable bonds is 1. The molecule has 1 spiro atoms. The van der Waals surface area contributed by atoms with Gasteiger partial charge < -0.3 is 10.2 Å². The number of fused-ring (bicyclic) bond motifs is 3. The van der Waals surface area contributed by atoms with E-state index < -0.39 is 17.0 Å². The van der Waals surface area contributed by atoms with Gasteiger partial charge in [-0.15, -0.1) is 0 Å². The van der Waals surface area contributed by atoms with Gasteiger partial charge in [0.15, 0.2) is 5.78 Å². The lowest BCUT2D eigenvalue weighted by Crippen LogP contribution is -2.66. The molecule has 5 fully saturated rings. The molecule has 0 amide bonds. The topological polar surface area (TPSA) is 74.6 Å². The lowest BCUT2D eigenvalue weighted by Gasteiger charge is -2.68. The summed E-state index contributed by atoms with van der Waals surface area (Å²) in [6, 6.07) is 0. The second-order valence-electron chi connectivity index (χ2n) is 9.42. The minimum absolute atomic E-state index is 0.0313. The third-order valence-corrected chi connectivity index (χ3v) is 8.54. The molecule has 5 aliphatic rings. The van der Waals surface area contributed by atoms with E-state index >= 15 is 0 Å². The van der Waals surface area contributed by atoms with Crippen LogP contribution in [0.4, 0.5) is 0 Å². The van der Waals surface area contributed by atoms with E-state index in [1.165, 1.54) is 0 Å². The predicted octanol–water partition coefficient (Wildman–Crippen LogP) is 3.17. The summed E-state index contributed by atoms with van der Waals surface area (Å²) in [5.74, 6) is -0.168. The molecule has 23 heavy (non-hydrogen) atoms. The van der Waals surface area contributed by atoms with Crippen LogP contribution >= 0.6 is 0 Å². The Morgan fingerprint density at radius 1 is 1.09 bits per heavy atom. The standard InChI is InChI=1S/C19H28O4/c1-16-5-3-6-17(2,15(21)22)12(16)4-7-18-8-9-19(23,10-13(16)18)14(20)11-18/h12-13,23H,3-11H2,1-2H3,(H,21,22). The fourth-order valence-corrected chi connectivity index (χ4v) is 7.22. The van der Waals surface area contributed by atoms with Crippen molar-refractivity contribution in [3.05, 3.63) is 0 Å². The summed E-state index contributed by atoms with van der Waals surface area (Å²) in [7, 11) is 0. The van der Waals surface area contributed by atoms with Gasteiger partial charge in [0.1, 0.15) is 5.60 Å². The van der Waals surface area contributed by atoms with E-state index in [4.69, 9.17) is 0 Å². The molecule has 0 aromatic rings. The number of carbonyl (C=O) groups is 2. The molecule has 4 nitrogen and oxygen atoms in total. The summed E-state index contributed by atoms with van der Waals surface area (Å²) in [4.78, 5) is 24.4. The highest BCUT2D eigenvalue weighted by atomic mass is 16.4. The van der Waals surface area contributed by atoms with Crippen molar-refractivity contribution in [2.75, 3.05) is 0 Å². The molecule has 2 bridgehead atoms. The van der Waals surface area contributed by atoms with Gasteiger partial charge in [-0.3, -0.25) is 9.59 Å². The Bertz CT molecular complexity index is 586. The first-order valence-corrected chi connectivity index (χ1v) is 9.16. The average molecular weight is 320 g/mol. The summed E-state index contributed by atoms with van der Waals surface area (Å²) in [5, 5.41) is 20.7. The van der Waals surface area contributed by atoms with Gasteiger partial charge in [-0.2, -0.15) is 0 Å². The fraction of sp³-hybridized carbons (Fsp3) is 0.895. The van der Waals surface area contributed by atoms with Crippen molar-refractivity contribution in [1.29, 1.82) is 0 Å². The molecule has 128 valence electrons. The number of carboxylic acids is 1.